The molecule has 3 N–H and O–H groups in total. The predicted octanol–water partition coefficient (Wildman–Crippen LogP) is 2.07. The summed E-state index contributed by atoms with van der Waals surface area (Å²) in [5.74, 6) is 0.865. The van der Waals surface area contributed by atoms with Gasteiger partial charge in [-0.3, -0.25) is 4.79 Å². The van der Waals surface area contributed by atoms with Crippen molar-refractivity contribution < 1.29 is 9.53 Å². The number of hydrogen-bond donors (Lipinski definition) is 2. The van der Waals surface area contributed by atoms with Gasteiger partial charge in [-0.1, -0.05) is 32.4 Å². The fourth-order valence-electron chi connectivity index (χ4n) is 1.69. The largest absolute Gasteiger partial charge is 0.484 e. The number of nitrogens with two attached hydrogens (primary N) is 1. The molecule has 0 fully saturated rings. The van der Waals surface area contributed by atoms with Gasteiger partial charge < -0.3 is 15.8 Å². The van der Waals surface area contributed by atoms with Crippen LogP contribution in [0.5, 0.6) is 5.75 Å². The van der Waals surface area contributed by atoms with Crippen molar-refractivity contribution in [3.8, 4) is 5.75 Å². The van der Waals surface area contributed by atoms with E-state index in [0.717, 1.165) is 6.54 Å². The summed E-state index contributed by atoms with van der Waals surface area (Å²) >= 11 is 0. The van der Waals surface area contributed by atoms with E-state index in [1.165, 1.54) is 12.0 Å². The molecule has 1 rings (SSSR count). The predicted molar refractivity (Wildman–Crippen MR) is 76.9 cm³/mol. The van der Waals surface area contributed by atoms with E-state index in [4.69, 9.17) is 10.5 Å². The summed E-state index contributed by atoms with van der Waals surface area (Å²) < 4.78 is 5.21. The Labute approximate surface area is 115 Å². The number of carbonyl (C=O) groups is 1. The van der Waals surface area contributed by atoms with Crippen LogP contribution in [-0.4, -0.2) is 18.6 Å². The van der Waals surface area contributed by atoms with E-state index in [9.17, 15) is 4.79 Å². The highest BCUT2D eigenvalue weighted by molar-refractivity contribution is 5.75. The standard InChI is InChI=1S/C15H24N2O2/c1-4-11(2)12(3)17-9-13-5-7-14(8-6-13)19-10-15(16)18/h5-8,11-12,17H,4,9-10H2,1-3H3,(H2,16,18). The van der Waals surface area contributed by atoms with Gasteiger partial charge in [-0.25, -0.2) is 0 Å². The van der Waals surface area contributed by atoms with Gasteiger partial charge in [0.15, 0.2) is 6.61 Å². The number of carbonyl (C=O) groups excluding carboxylic acids is 1. The zero-order valence-electron chi connectivity index (χ0n) is 12.0. The molecule has 4 nitrogen and oxygen atoms in total. The van der Waals surface area contributed by atoms with Gasteiger partial charge in [0.1, 0.15) is 5.75 Å². The highest BCUT2D eigenvalue weighted by atomic mass is 16.5. The molecule has 0 heterocycles. The second kappa shape index (κ2) is 7.79. The normalized spacial score (nSPS) is 13.8. The lowest BCUT2D eigenvalue weighted by molar-refractivity contribution is -0.119. The molecule has 0 radical (unpaired) electrons. The summed E-state index contributed by atoms with van der Waals surface area (Å²) in [6.45, 7) is 7.41. The molecule has 1 aromatic carbocycles. The molecule has 1 amide bonds. The van der Waals surface area contributed by atoms with Crippen molar-refractivity contribution in [3.63, 3.8) is 0 Å². The summed E-state index contributed by atoms with van der Waals surface area (Å²) in [4.78, 5) is 10.6. The molecule has 0 bridgehead atoms. The minimum Gasteiger partial charge on any atom is -0.484 e. The number of rotatable bonds is 8. The molecule has 106 valence electrons. The lowest BCUT2D eigenvalue weighted by Gasteiger charge is -2.20. The Morgan fingerprint density at radius 2 is 1.95 bits per heavy atom. The van der Waals surface area contributed by atoms with Crippen molar-refractivity contribution in [2.45, 2.75) is 39.8 Å². The fourth-order valence-corrected chi connectivity index (χ4v) is 1.69. The number of primary amides is 1. The van der Waals surface area contributed by atoms with Crippen molar-refractivity contribution in [2.24, 2.45) is 11.7 Å². The first kappa shape index (κ1) is 15.5. The molecule has 0 saturated carbocycles. The van der Waals surface area contributed by atoms with Crippen LogP contribution in [0.15, 0.2) is 24.3 Å². The zero-order valence-corrected chi connectivity index (χ0v) is 12.0. The summed E-state index contributed by atoms with van der Waals surface area (Å²) in [7, 11) is 0. The molecule has 2 atom stereocenters. The molecule has 4 heteroatoms. The molecule has 0 spiro atoms. The maximum atomic E-state index is 10.6. The van der Waals surface area contributed by atoms with Gasteiger partial charge in [-0.2, -0.15) is 0 Å². The van der Waals surface area contributed by atoms with Gasteiger partial charge in [0.05, 0.1) is 0 Å². The topological polar surface area (TPSA) is 64.3 Å². The smallest absolute Gasteiger partial charge is 0.255 e. The molecule has 0 aliphatic rings. The average Bonchev–Trinajstić information content (AvgIpc) is 2.42. The fraction of sp³-hybridized carbons (Fsp3) is 0.533. The Morgan fingerprint density at radius 1 is 1.32 bits per heavy atom. The first-order valence-corrected chi connectivity index (χ1v) is 6.76. The number of benzene rings is 1. The van der Waals surface area contributed by atoms with Crippen LogP contribution >= 0.6 is 0 Å². The van der Waals surface area contributed by atoms with Crippen LogP contribution in [0.3, 0.4) is 0 Å². The maximum absolute atomic E-state index is 10.6. The van der Waals surface area contributed by atoms with E-state index in [1.54, 1.807) is 0 Å². The van der Waals surface area contributed by atoms with Crippen molar-refractivity contribution in [3.05, 3.63) is 29.8 Å². The summed E-state index contributed by atoms with van der Waals surface area (Å²) in [5.41, 5.74) is 6.21. The van der Waals surface area contributed by atoms with Crippen LogP contribution in [-0.2, 0) is 11.3 Å². The van der Waals surface area contributed by atoms with E-state index >= 15 is 0 Å². The van der Waals surface area contributed by atoms with Gasteiger partial charge in [-0.15, -0.1) is 0 Å². The van der Waals surface area contributed by atoms with Crippen molar-refractivity contribution >= 4 is 5.91 Å². The molecule has 0 aliphatic heterocycles. The van der Waals surface area contributed by atoms with Crippen LogP contribution in [0.1, 0.15) is 32.8 Å². The van der Waals surface area contributed by atoms with E-state index in [1.807, 2.05) is 24.3 Å². The van der Waals surface area contributed by atoms with Gasteiger partial charge in [0.2, 0.25) is 0 Å². The second-order valence-electron chi connectivity index (χ2n) is 4.95. The summed E-state index contributed by atoms with van der Waals surface area (Å²) in [6, 6.07) is 8.19. The van der Waals surface area contributed by atoms with Crippen LogP contribution in [0.4, 0.5) is 0 Å². The molecule has 0 aromatic heterocycles. The van der Waals surface area contributed by atoms with Crippen LogP contribution in [0, 0.1) is 5.92 Å². The quantitative estimate of drug-likeness (QED) is 0.755. The molecule has 0 saturated heterocycles. The Hall–Kier alpha value is -1.55. The highest BCUT2D eigenvalue weighted by Gasteiger charge is 2.08. The first-order chi connectivity index (χ1) is 9.02. The van der Waals surface area contributed by atoms with E-state index < -0.39 is 5.91 Å². The number of nitrogens with one attached hydrogen (secondary N) is 1. The molecular weight excluding hydrogens is 240 g/mol. The first-order valence-electron chi connectivity index (χ1n) is 6.76. The maximum Gasteiger partial charge on any atom is 0.255 e. The van der Waals surface area contributed by atoms with Gasteiger partial charge in [-0.05, 0) is 30.5 Å². The Kier molecular flexibility index (Phi) is 6.36. The summed E-state index contributed by atoms with van der Waals surface area (Å²) in [5, 5.41) is 3.50. The molecular formula is C15H24N2O2. The molecule has 0 aliphatic carbocycles. The second-order valence-corrected chi connectivity index (χ2v) is 4.95. The van der Waals surface area contributed by atoms with E-state index in [2.05, 4.69) is 26.1 Å². The van der Waals surface area contributed by atoms with Crippen molar-refractivity contribution in [2.75, 3.05) is 6.61 Å². The highest BCUT2D eigenvalue weighted by Crippen LogP contribution is 2.13. The Morgan fingerprint density at radius 3 is 2.47 bits per heavy atom. The minimum atomic E-state index is -0.465. The third-order valence-electron chi connectivity index (χ3n) is 3.43. The number of ether oxygens (including phenoxy) is 1. The van der Waals surface area contributed by atoms with E-state index in [0.29, 0.717) is 17.7 Å². The van der Waals surface area contributed by atoms with E-state index in [-0.39, 0.29) is 6.61 Å². The molecule has 1 aromatic rings. The summed E-state index contributed by atoms with van der Waals surface area (Å²) in [6.07, 6.45) is 1.17. The number of amides is 1. The van der Waals surface area contributed by atoms with Gasteiger partial charge in [0.25, 0.3) is 5.91 Å². The van der Waals surface area contributed by atoms with Gasteiger partial charge >= 0.3 is 0 Å². The third-order valence-corrected chi connectivity index (χ3v) is 3.43. The zero-order chi connectivity index (χ0) is 14.3. The SMILES string of the molecule is CCC(C)C(C)NCc1ccc(OCC(N)=O)cc1. The average molecular weight is 264 g/mol. The van der Waals surface area contributed by atoms with Crippen LogP contribution in [0.25, 0.3) is 0 Å². The Balaban J connectivity index is 2.41. The lowest BCUT2D eigenvalue weighted by Crippen LogP contribution is -2.31. The third kappa shape index (κ3) is 5.75. The molecule has 19 heavy (non-hydrogen) atoms. The lowest BCUT2D eigenvalue weighted by atomic mass is 10.0. The van der Waals surface area contributed by atoms with Crippen LogP contribution in [0.2, 0.25) is 0 Å². The van der Waals surface area contributed by atoms with Gasteiger partial charge in [0, 0.05) is 12.6 Å². The minimum absolute atomic E-state index is 0.0807. The van der Waals surface area contributed by atoms with Crippen molar-refractivity contribution in [1.82, 2.24) is 5.32 Å². The number of hydrogen-bond acceptors (Lipinski definition) is 3. The Bertz CT molecular complexity index is 390. The van der Waals surface area contributed by atoms with Crippen molar-refractivity contribution in [1.29, 1.82) is 0 Å². The molecule has 2 unspecified atom stereocenters. The monoisotopic (exact) mass is 264 g/mol. The van der Waals surface area contributed by atoms with Crippen LogP contribution < -0.4 is 15.8 Å².